The lowest BCUT2D eigenvalue weighted by Gasteiger charge is -2.21. The topological polar surface area (TPSA) is 77.0 Å². The van der Waals surface area contributed by atoms with Gasteiger partial charge in [0.1, 0.15) is 16.5 Å². The molecule has 0 aliphatic carbocycles. The Morgan fingerprint density at radius 3 is 2.66 bits per heavy atom. The number of carbonyl (C=O) groups is 1. The van der Waals surface area contributed by atoms with Gasteiger partial charge in [-0.25, -0.2) is 4.98 Å². The summed E-state index contributed by atoms with van der Waals surface area (Å²) in [6.07, 6.45) is 1.74. The van der Waals surface area contributed by atoms with Crippen molar-refractivity contribution in [2.75, 3.05) is 0 Å². The third-order valence-electron chi connectivity index (χ3n) is 4.81. The highest BCUT2D eigenvalue weighted by Crippen LogP contribution is 2.27. The van der Waals surface area contributed by atoms with E-state index < -0.39 is 0 Å². The van der Waals surface area contributed by atoms with Gasteiger partial charge < -0.3 is 9.42 Å². The number of rotatable bonds is 6. The number of nitrogens with zero attached hydrogens (tertiary/aromatic N) is 5. The van der Waals surface area contributed by atoms with Crippen molar-refractivity contribution in [2.45, 2.75) is 26.9 Å². The first-order chi connectivity index (χ1) is 14.0. The van der Waals surface area contributed by atoms with Crippen molar-refractivity contribution in [1.29, 1.82) is 0 Å². The Labute approximate surface area is 172 Å². The maximum Gasteiger partial charge on any atom is 0.275 e. The van der Waals surface area contributed by atoms with Crippen LogP contribution in [-0.2, 0) is 20.1 Å². The molecule has 4 aromatic rings. The maximum atomic E-state index is 13.3. The summed E-state index contributed by atoms with van der Waals surface area (Å²) in [6, 6.07) is 11.6. The summed E-state index contributed by atoms with van der Waals surface area (Å²) in [4.78, 5) is 19.4. The third kappa shape index (κ3) is 3.97. The Hall–Kier alpha value is -3.26. The van der Waals surface area contributed by atoms with Crippen molar-refractivity contribution in [1.82, 2.24) is 24.8 Å². The van der Waals surface area contributed by atoms with Gasteiger partial charge in [-0.2, -0.15) is 5.10 Å². The zero-order chi connectivity index (χ0) is 20.4. The Balaban J connectivity index is 1.69. The molecule has 0 radical (unpaired) electrons. The van der Waals surface area contributed by atoms with E-state index in [-0.39, 0.29) is 5.91 Å². The molecular weight excluding hydrogens is 386 g/mol. The van der Waals surface area contributed by atoms with Crippen LogP contribution in [0.25, 0.3) is 11.3 Å². The zero-order valence-electron chi connectivity index (χ0n) is 16.5. The van der Waals surface area contributed by atoms with Crippen molar-refractivity contribution in [2.24, 2.45) is 7.05 Å². The molecule has 0 fully saturated rings. The summed E-state index contributed by atoms with van der Waals surface area (Å²) in [6.45, 7) is 4.54. The van der Waals surface area contributed by atoms with Gasteiger partial charge in [0.25, 0.3) is 5.91 Å². The molecule has 0 saturated heterocycles. The Bertz CT molecular complexity index is 1100. The average molecular weight is 407 g/mol. The molecule has 7 nitrogen and oxygen atoms in total. The van der Waals surface area contributed by atoms with Crippen LogP contribution >= 0.6 is 11.3 Å². The summed E-state index contributed by atoms with van der Waals surface area (Å²) in [5.74, 6) is 0.543. The number of aryl methyl sites for hydroxylation is 3. The summed E-state index contributed by atoms with van der Waals surface area (Å²) in [7, 11) is 1.83. The molecule has 8 heteroatoms. The molecule has 29 heavy (non-hydrogen) atoms. The van der Waals surface area contributed by atoms with Gasteiger partial charge in [0.05, 0.1) is 13.1 Å². The quantitative estimate of drug-likeness (QED) is 0.483. The summed E-state index contributed by atoms with van der Waals surface area (Å²) >= 11 is 1.52. The predicted molar refractivity (Wildman–Crippen MR) is 110 cm³/mol. The summed E-state index contributed by atoms with van der Waals surface area (Å²) in [5, 5.41) is 11.4. The highest BCUT2D eigenvalue weighted by molar-refractivity contribution is 7.09. The van der Waals surface area contributed by atoms with E-state index in [0.29, 0.717) is 24.5 Å². The van der Waals surface area contributed by atoms with Crippen LogP contribution in [0.1, 0.15) is 32.5 Å². The molecule has 4 rings (SSSR count). The maximum absolute atomic E-state index is 13.3. The van der Waals surface area contributed by atoms with Crippen molar-refractivity contribution in [3.63, 3.8) is 0 Å². The van der Waals surface area contributed by atoms with Gasteiger partial charge in [-0.3, -0.25) is 9.48 Å². The van der Waals surface area contributed by atoms with E-state index >= 15 is 0 Å². The first-order valence-corrected chi connectivity index (χ1v) is 10.1. The molecule has 3 aromatic heterocycles. The number of amides is 1. The lowest BCUT2D eigenvalue weighted by molar-refractivity contribution is 0.0722. The third-order valence-corrected chi connectivity index (χ3v) is 5.57. The lowest BCUT2D eigenvalue weighted by atomic mass is 10.1. The highest BCUT2D eigenvalue weighted by atomic mass is 32.1. The number of aromatic nitrogens is 4. The van der Waals surface area contributed by atoms with E-state index in [1.54, 1.807) is 21.8 Å². The zero-order valence-corrected chi connectivity index (χ0v) is 17.3. The molecule has 0 atom stereocenters. The van der Waals surface area contributed by atoms with Crippen molar-refractivity contribution in [3.05, 3.63) is 75.7 Å². The van der Waals surface area contributed by atoms with Crippen LogP contribution in [0.2, 0.25) is 0 Å². The molecule has 0 saturated carbocycles. The SMILES string of the molecule is Cc1onc(-c2ccccc2)c1CN(Cc1nccs1)C(=O)c1cc(C)n(C)n1. The van der Waals surface area contributed by atoms with Gasteiger partial charge >= 0.3 is 0 Å². The molecular formula is C21H21N5O2S. The second-order valence-corrected chi connectivity index (χ2v) is 7.79. The minimum Gasteiger partial charge on any atom is -0.361 e. The summed E-state index contributed by atoms with van der Waals surface area (Å²) in [5.41, 5.74) is 3.92. The molecule has 3 heterocycles. The minimum absolute atomic E-state index is 0.150. The molecule has 0 aliphatic rings. The second kappa shape index (κ2) is 8.00. The van der Waals surface area contributed by atoms with E-state index in [2.05, 4.69) is 15.2 Å². The van der Waals surface area contributed by atoms with Crippen molar-refractivity contribution >= 4 is 17.2 Å². The Morgan fingerprint density at radius 1 is 1.21 bits per heavy atom. The smallest absolute Gasteiger partial charge is 0.275 e. The Morgan fingerprint density at radius 2 is 2.00 bits per heavy atom. The predicted octanol–water partition coefficient (Wildman–Crippen LogP) is 3.99. The molecule has 0 bridgehead atoms. The first kappa shape index (κ1) is 19.1. The number of hydrogen-bond donors (Lipinski definition) is 0. The van der Waals surface area contributed by atoms with E-state index in [0.717, 1.165) is 27.5 Å². The van der Waals surface area contributed by atoms with E-state index in [1.165, 1.54) is 11.3 Å². The van der Waals surface area contributed by atoms with Crippen LogP contribution < -0.4 is 0 Å². The first-order valence-electron chi connectivity index (χ1n) is 9.22. The van der Waals surface area contributed by atoms with Gasteiger partial charge in [-0.1, -0.05) is 35.5 Å². The van der Waals surface area contributed by atoms with Crippen LogP contribution in [0.5, 0.6) is 0 Å². The van der Waals surface area contributed by atoms with Gasteiger partial charge in [-0.05, 0) is 19.9 Å². The second-order valence-electron chi connectivity index (χ2n) is 6.81. The highest BCUT2D eigenvalue weighted by Gasteiger charge is 2.24. The van der Waals surface area contributed by atoms with Gasteiger partial charge in [0, 0.05) is 35.4 Å². The van der Waals surface area contributed by atoms with Gasteiger partial charge in [0.15, 0.2) is 5.69 Å². The van der Waals surface area contributed by atoms with Crippen LogP contribution in [0, 0.1) is 13.8 Å². The standard InChI is InChI=1S/C21H21N5O2S/c1-14-11-18(23-25(14)3)21(27)26(13-19-22-9-10-29-19)12-17-15(2)28-24-20(17)16-7-5-4-6-8-16/h4-11H,12-13H2,1-3H3. The largest absolute Gasteiger partial charge is 0.361 e. The molecule has 0 N–H and O–H groups in total. The van der Waals surface area contributed by atoms with E-state index in [4.69, 9.17) is 4.52 Å². The van der Waals surface area contributed by atoms with Crippen LogP contribution in [-0.4, -0.2) is 30.7 Å². The normalized spacial score (nSPS) is 11.0. The number of benzene rings is 1. The van der Waals surface area contributed by atoms with Crippen LogP contribution in [0.3, 0.4) is 0 Å². The fourth-order valence-corrected chi connectivity index (χ4v) is 3.74. The Kier molecular flexibility index (Phi) is 5.26. The molecule has 0 aliphatic heterocycles. The molecule has 148 valence electrons. The minimum atomic E-state index is -0.150. The molecule has 0 unspecified atom stereocenters. The number of hydrogen-bond acceptors (Lipinski definition) is 6. The number of carbonyl (C=O) groups excluding carboxylic acids is 1. The van der Waals surface area contributed by atoms with Crippen molar-refractivity contribution < 1.29 is 9.32 Å². The number of thiazole rings is 1. The molecule has 1 amide bonds. The van der Waals surface area contributed by atoms with Crippen molar-refractivity contribution in [3.8, 4) is 11.3 Å². The van der Waals surface area contributed by atoms with Crippen LogP contribution in [0.15, 0.2) is 52.5 Å². The lowest BCUT2D eigenvalue weighted by Crippen LogP contribution is -2.31. The van der Waals surface area contributed by atoms with Crippen LogP contribution in [0.4, 0.5) is 0 Å². The average Bonchev–Trinajstić information content (AvgIpc) is 3.44. The fourth-order valence-electron chi connectivity index (χ4n) is 3.11. The van der Waals surface area contributed by atoms with E-state index in [9.17, 15) is 4.79 Å². The van der Waals surface area contributed by atoms with E-state index in [1.807, 2.05) is 56.6 Å². The van der Waals surface area contributed by atoms with Gasteiger partial charge in [-0.15, -0.1) is 11.3 Å². The molecule has 1 aromatic carbocycles. The molecule has 0 spiro atoms. The fraction of sp³-hybridized carbons (Fsp3) is 0.238. The summed E-state index contributed by atoms with van der Waals surface area (Å²) < 4.78 is 7.18. The van der Waals surface area contributed by atoms with Gasteiger partial charge in [0.2, 0.25) is 0 Å². The monoisotopic (exact) mass is 407 g/mol.